The molecule has 0 unspecified atom stereocenters. The lowest BCUT2D eigenvalue weighted by Crippen LogP contribution is -2.09. The molecular formula is C5H8N2OS. The van der Waals surface area contributed by atoms with Gasteiger partial charge in [-0.2, -0.15) is 17.6 Å². The highest BCUT2D eigenvalue weighted by molar-refractivity contribution is 7.81. The summed E-state index contributed by atoms with van der Waals surface area (Å²) in [7, 11) is 0. The minimum absolute atomic E-state index is 0.299. The van der Waals surface area contributed by atoms with Crippen LogP contribution >= 0.6 is 12.6 Å². The van der Waals surface area contributed by atoms with Gasteiger partial charge in [-0.25, -0.2) is 0 Å². The normalized spacial score (nSPS) is 11.9. The van der Waals surface area contributed by atoms with Crippen LogP contribution in [0.1, 0.15) is 19.7 Å². The van der Waals surface area contributed by atoms with Crippen molar-refractivity contribution in [2.24, 2.45) is 0 Å². The molecule has 0 saturated carbocycles. The van der Waals surface area contributed by atoms with Gasteiger partial charge in [-0.15, -0.1) is 0 Å². The highest BCUT2D eigenvalue weighted by Gasteiger charge is 2.19. The van der Waals surface area contributed by atoms with Gasteiger partial charge in [0.15, 0.2) is 5.82 Å². The fourth-order valence-electron chi connectivity index (χ4n) is 0.440. The highest BCUT2D eigenvalue weighted by Crippen LogP contribution is 2.22. The van der Waals surface area contributed by atoms with Crippen molar-refractivity contribution < 1.29 is 4.52 Å². The third-order valence-corrected chi connectivity index (χ3v) is 1.11. The van der Waals surface area contributed by atoms with Crippen LogP contribution in [0.2, 0.25) is 0 Å². The van der Waals surface area contributed by atoms with Crippen LogP contribution in [0.4, 0.5) is 0 Å². The van der Waals surface area contributed by atoms with Crippen molar-refractivity contribution in [3.8, 4) is 0 Å². The van der Waals surface area contributed by atoms with Crippen molar-refractivity contribution in [1.82, 2.24) is 10.1 Å². The molecule has 1 rings (SSSR count). The zero-order chi connectivity index (χ0) is 6.91. The molecule has 50 valence electrons. The fraction of sp³-hybridized carbons (Fsp3) is 0.600. The predicted molar refractivity (Wildman–Crippen MR) is 36.3 cm³/mol. The maximum atomic E-state index is 4.53. The number of aromatic nitrogens is 2. The summed E-state index contributed by atoms with van der Waals surface area (Å²) in [6.45, 7) is 3.81. The van der Waals surface area contributed by atoms with Crippen molar-refractivity contribution in [1.29, 1.82) is 0 Å². The van der Waals surface area contributed by atoms with Crippen LogP contribution in [0.5, 0.6) is 0 Å². The van der Waals surface area contributed by atoms with E-state index >= 15 is 0 Å². The smallest absolute Gasteiger partial charge is 0.213 e. The summed E-state index contributed by atoms with van der Waals surface area (Å²) in [6.07, 6.45) is 1.30. The van der Waals surface area contributed by atoms with Crippen LogP contribution < -0.4 is 0 Å². The largest absolute Gasteiger partial charge is 0.343 e. The molecule has 0 atom stereocenters. The lowest BCUT2D eigenvalue weighted by atomic mass is 10.2. The molecule has 0 aliphatic heterocycles. The first-order valence-corrected chi connectivity index (χ1v) is 3.04. The van der Waals surface area contributed by atoms with E-state index in [4.69, 9.17) is 0 Å². The van der Waals surface area contributed by atoms with Crippen LogP contribution in [0, 0.1) is 0 Å². The summed E-state index contributed by atoms with van der Waals surface area (Å²) in [6, 6.07) is 0. The van der Waals surface area contributed by atoms with Crippen LogP contribution in [0.3, 0.4) is 0 Å². The van der Waals surface area contributed by atoms with E-state index in [9.17, 15) is 0 Å². The second-order valence-electron chi connectivity index (χ2n) is 2.31. The Bertz CT molecular complexity index is 177. The van der Waals surface area contributed by atoms with Gasteiger partial charge in [0.2, 0.25) is 6.39 Å². The van der Waals surface area contributed by atoms with E-state index < -0.39 is 0 Å². The molecule has 0 aliphatic carbocycles. The lowest BCUT2D eigenvalue weighted by Gasteiger charge is -2.09. The third-order valence-electron chi connectivity index (χ3n) is 0.909. The summed E-state index contributed by atoms with van der Waals surface area (Å²) in [5.74, 6) is 0.617. The Labute approximate surface area is 58.9 Å². The van der Waals surface area contributed by atoms with Crippen molar-refractivity contribution in [2.45, 2.75) is 18.6 Å². The second kappa shape index (κ2) is 2.02. The van der Waals surface area contributed by atoms with E-state index in [1.807, 2.05) is 13.8 Å². The lowest BCUT2D eigenvalue weighted by molar-refractivity contribution is 0.405. The van der Waals surface area contributed by atoms with Gasteiger partial charge < -0.3 is 4.52 Å². The summed E-state index contributed by atoms with van der Waals surface area (Å²) < 4.78 is 4.23. The zero-order valence-corrected chi connectivity index (χ0v) is 6.22. The number of hydrogen-bond donors (Lipinski definition) is 1. The molecule has 0 aliphatic rings. The minimum atomic E-state index is -0.299. The van der Waals surface area contributed by atoms with Gasteiger partial charge in [-0.3, -0.25) is 0 Å². The molecule has 0 spiro atoms. The van der Waals surface area contributed by atoms with E-state index in [0.717, 1.165) is 0 Å². The highest BCUT2D eigenvalue weighted by atomic mass is 32.1. The molecule has 1 aromatic heterocycles. The van der Waals surface area contributed by atoms with E-state index in [-0.39, 0.29) is 4.75 Å². The zero-order valence-electron chi connectivity index (χ0n) is 5.33. The van der Waals surface area contributed by atoms with Crippen LogP contribution in [-0.4, -0.2) is 10.1 Å². The molecule has 1 heterocycles. The average Bonchev–Trinajstić information content (AvgIpc) is 2.08. The molecule has 4 heteroatoms. The van der Waals surface area contributed by atoms with Crippen LogP contribution in [0.15, 0.2) is 10.9 Å². The monoisotopic (exact) mass is 144 g/mol. The molecule has 0 N–H and O–H groups in total. The Morgan fingerprint density at radius 1 is 1.67 bits per heavy atom. The molecule has 0 amide bonds. The molecule has 1 aromatic rings. The predicted octanol–water partition coefficient (Wildman–Crippen LogP) is 1.23. The van der Waals surface area contributed by atoms with Crippen molar-refractivity contribution in [3.63, 3.8) is 0 Å². The first-order valence-electron chi connectivity index (χ1n) is 2.60. The van der Waals surface area contributed by atoms with Gasteiger partial charge in [0.25, 0.3) is 0 Å². The van der Waals surface area contributed by atoms with Gasteiger partial charge in [0, 0.05) is 0 Å². The Morgan fingerprint density at radius 2 is 2.33 bits per heavy atom. The summed E-state index contributed by atoms with van der Waals surface area (Å²) in [5.41, 5.74) is 0. The molecule has 0 bridgehead atoms. The third kappa shape index (κ3) is 1.45. The number of rotatable bonds is 1. The molecule has 9 heavy (non-hydrogen) atoms. The fourth-order valence-corrected chi connectivity index (χ4v) is 0.539. The first kappa shape index (κ1) is 6.61. The Kier molecular flexibility index (Phi) is 1.48. The Hall–Kier alpha value is -0.510. The van der Waals surface area contributed by atoms with Crippen LogP contribution in [0.25, 0.3) is 0 Å². The van der Waals surface area contributed by atoms with E-state index in [1.165, 1.54) is 6.39 Å². The SMILES string of the molecule is CC(C)(S)c1ncon1. The van der Waals surface area contributed by atoms with Gasteiger partial charge >= 0.3 is 0 Å². The molecule has 3 nitrogen and oxygen atoms in total. The van der Waals surface area contributed by atoms with Gasteiger partial charge in [0.05, 0.1) is 4.75 Å². The Morgan fingerprint density at radius 3 is 2.56 bits per heavy atom. The molecule has 0 fully saturated rings. The van der Waals surface area contributed by atoms with Crippen LogP contribution in [-0.2, 0) is 4.75 Å². The summed E-state index contributed by atoms with van der Waals surface area (Å²) in [4.78, 5) is 3.83. The standard InChI is InChI=1S/C5H8N2OS/c1-5(2,9)4-6-3-8-7-4/h3,9H,1-2H3. The van der Waals surface area contributed by atoms with Crippen molar-refractivity contribution in [2.75, 3.05) is 0 Å². The average molecular weight is 144 g/mol. The topological polar surface area (TPSA) is 38.9 Å². The van der Waals surface area contributed by atoms with E-state index in [1.54, 1.807) is 0 Å². The summed E-state index contributed by atoms with van der Waals surface area (Å²) >= 11 is 4.23. The molecule has 0 radical (unpaired) electrons. The molecule has 0 saturated heterocycles. The number of hydrogen-bond acceptors (Lipinski definition) is 4. The summed E-state index contributed by atoms with van der Waals surface area (Å²) in [5, 5.41) is 3.62. The van der Waals surface area contributed by atoms with E-state index in [0.29, 0.717) is 5.82 Å². The van der Waals surface area contributed by atoms with Gasteiger partial charge in [0.1, 0.15) is 0 Å². The van der Waals surface area contributed by atoms with Crippen molar-refractivity contribution >= 4 is 12.6 Å². The molecular weight excluding hydrogens is 136 g/mol. The molecule has 0 aromatic carbocycles. The quantitative estimate of drug-likeness (QED) is 0.602. The second-order valence-corrected chi connectivity index (χ2v) is 3.43. The number of nitrogens with zero attached hydrogens (tertiary/aromatic N) is 2. The first-order chi connectivity index (χ1) is 4.11. The number of thiol groups is 1. The maximum Gasteiger partial charge on any atom is 0.213 e. The Balaban J connectivity index is 2.90. The van der Waals surface area contributed by atoms with E-state index in [2.05, 4.69) is 27.3 Å². The van der Waals surface area contributed by atoms with Gasteiger partial charge in [-0.1, -0.05) is 5.16 Å². The van der Waals surface area contributed by atoms with Gasteiger partial charge in [-0.05, 0) is 13.8 Å². The minimum Gasteiger partial charge on any atom is -0.343 e. The maximum absolute atomic E-state index is 4.53. The van der Waals surface area contributed by atoms with Crippen molar-refractivity contribution in [3.05, 3.63) is 12.2 Å².